The maximum atomic E-state index is 10.1. The zero-order valence-electron chi connectivity index (χ0n) is 12.0. The van der Waals surface area contributed by atoms with Gasteiger partial charge in [0.25, 0.3) is 0 Å². The number of ether oxygens (including phenoxy) is 1. The fourth-order valence-electron chi connectivity index (χ4n) is 3.39. The minimum Gasteiger partial charge on any atom is -0.487 e. The first-order chi connectivity index (χ1) is 9.71. The monoisotopic (exact) mass is 271 g/mol. The van der Waals surface area contributed by atoms with Crippen LogP contribution in [0.4, 0.5) is 0 Å². The van der Waals surface area contributed by atoms with E-state index in [0.717, 1.165) is 29.5 Å². The maximum absolute atomic E-state index is 10.1. The first kappa shape index (κ1) is 13.4. The number of aliphatic hydroxyl groups is 1. The van der Waals surface area contributed by atoms with Crippen LogP contribution in [0.5, 0.6) is 5.75 Å². The molecule has 20 heavy (non-hydrogen) atoms. The van der Waals surface area contributed by atoms with E-state index in [0.29, 0.717) is 6.42 Å². The molecular formula is C17H21NO2. The number of rotatable bonds is 4. The lowest BCUT2D eigenvalue weighted by Gasteiger charge is -2.52. The molecule has 1 heterocycles. The van der Waals surface area contributed by atoms with Crippen LogP contribution in [0.25, 0.3) is 10.9 Å². The SMILES string of the molecule is CCC1(CC)C(O)CC1Oc1cccc2cccnc12. The first-order valence-electron chi connectivity index (χ1n) is 7.39. The van der Waals surface area contributed by atoms with E-state index in [1.807, 2.05) is 30.3 Å². The molecule has 1 aromatic heterocycles. The number of nitrogens with zero attached hydrogens (tertiary/aromatic N) is 1. The molecular weight excluding hydrogens is 250 g/mol. The summed E-state index contributed by atoms with van der Waals surface area (Å²) < 4.78 is 6.21. The molecule has 1 fully saturated rings. The van der Waals surface area contributed by atoms with Crippen molar-refractivity contribution in [3.05, 3.63) is 36.5 Å². The van der Waals surface area contributed by atoms with Gasteiger partial charge < -0.3 is 9.84 Å². The highest BCUT2D eigenvalue weighted by Crippen LogP contribution is 2.49. The summed E-state index contributed by atoms with van der Waals surface area (Å²) in [6, 6.07) is 9.97. The Morgan fingerprint density at radius 3 is 2.70 bits per heavy atom. The third kappa shape index (κ3) is 1.88. The Morgan fingerprint density at radius 1 is 1.25 bits per heavy atom. The van der Waals surface area contributed by atoms with E-state index in [1.165, 1.54) is 0 Å². The molecule has 0 amide bonds. The lowest BCUT2D eigenvalue weighted by Crippen LogP contribution is -2.59. The molecule has 1 aromatic carbocycles. The molecule has 106 valence electrons. The molecule has 3 heteroatoms. The van der Waals surface area contributed by atoms with Crippen molar-refractivity contribution in [1.29, 1.82) is 0 Å². The van der Waals surface area contributed by atoms with Gasteiger partial charge in [0, 0.05) is 23.4 Å². The molecule has 1 saturated carbocycles. The molecule has 0 saturated heterocycles. The minimum absolute atomic E-state index is 0.0834. The Bertz CT molecular complexity index is 601. The van der Waals surface area contributed by atoms with Gasteiger partial charge in [-0.3, -0.25) is 4.98 Å². The number of benzene rings is 1. The van der Waals surface area contributed by atoms with Crippen molar-refractivity contribution in [1.82, 2.24) is 4.98 Å². The van der Waals surface area contributed by atoms with Gasteiger partial charge in [-0.25, -0.2) is 0 Å². The van der Waals surface area contributed by atoms with Crippen LogP contribution in [0.3, 0.4) is 0 Å². The van der Waals surface area contributed by atoms with Crippen molar-refractivity contribution >= 4 is 10.9 Å². The standard InChI is InChI=1S/C17H21NO2/c1-3-17(4-2)14(19)11-15(17)20-13-9-5-7-12-8-6-10-18-16(12)13/h5-10,14-15,19H,3-4,11H2,1-2H3. The number of aliphatic hydroxyl groups excluding tert-OH is 1. The normalized spacial score (nSPS) is 24.4. The molecule has 2 unspecified atom stereocenters. The minimum atomic E-state index is -0.245. The predicted molar refractivity (Wildman–Crippen MR) is 79.8 cm³/mol. The largest absolute Gasteiger partial charge is 0.487 e. The van der Waals surface area contributed by atoms with Gasteiger partial charge >= 0.3 is 0 Å². The van der Waals surface area contributed by atoms with Crippen LogP contribution in [0.2, 0.25) is 0 Å². The number of aromatic nitrogens is 1. The van der Waals surface area contributed by atoms with Crippen molar-refractivity contribution in [2.45, 2.75) is 45.3 Å². The molecule has 0 bridgehead atoms. The molecule has 0 spiro atoms. The predicted octanol–water partition coefficient (Wildman–Crippen LogP) is 3.55. The van der Waals surface area contributed by atoms with Crippen LogP contribution in [0.1, 0.15) is 33.1 Å². The van der Waals surface area contributed by atoms with Crippen molar-refractivity contribution in [3.8, 4) is 5.75 Å². The Balaban J connectivity index is 1.91. The van der Waals surface area contributed by atoms with Crippen LogP contribution in [-0.4, -0.2) is 22.3 Å². The first-order valence-corrected chi connectivity index (χ1v) is 7.39. The van der Waals surface area contributed by atoms with Gasteiger partial charge in [0.15, 0.2) is 0 Å². The summed E-state index contributed by atoms with van der Waals surface area (Å²) in [7, 11) is 0. The quantitative estimate of drug-likeness (QED) is 0.924. The van der Waals surface area contributed by atoms with Gasteiger partial charge in [-0.15, -0.1) is 0 Å². The summed E-state index contributed by atoms with van der Waals surface area (Å²) in [4.78, 5) is 4.42. The highest BCUT2D eigenvalue weighted by molar-refractivity contribution is 5.84. The molecule has 0 aliphatic heterocycles. The summed E-state index contributed by atoms with van der Waals surface area (Å²) in [6.07, 6.45) is 4.22. The van der Waals surface area contributed by atoms with Gasteiger partial charge in [0.05, 0.1) is 6.10 Å². The van der Waals surface area contributed by atoms with Gasteiger partial charge in [-0.1, -0.05) is 32.0 Å². The number of hydrogen-bond donors (Lipinski definition) is 1. The van der Waals surface area contributed by atoms with Gasteiger partial charge in [-0.05, 0) is 25.0 Å². The third-order valence-electron chi connectivity index (χ3n) is 4.92. The highest BCUT2D eigenvalue weighted by atomic mass is 16.5. The van der Waals surface area contributed by atoms with Crippen LogP contribution in [0.15, 0.2) is 36.5 Å². The van der Waals surface area contributed by atoms with E-state index < -0.39 is 0 Å². The van der Waals surface area contributed by atoms with Gasteiger partial charge in [-0.2, -0.15) is 0 Å². The summed E-state index contributed by atoms with van der Waals surface area (Å²) in [5.74, 6) is 0.825. The second kappa shape index (κ2) is 5.06. The lowest BCUT2D eigenvalue weighted by atomic mass is 9.60. The average molecular weight is 271 g/mol. The number of hydrogen-bond acceptors (Lipinski definition) is 3. The van der Waals surface area contributed by atoms with E-state index in [-0.39, 0.29) is 17.6 Å². The Kier molecular flexibility index (Phi) is 3.38. The molecule has 1 N–H and O–H groups in total. The smallest absolute Gasteiger partial charge is 0.145 e. The van der Waals surface area contributed by atoms with Crippen LogP contribution in [-0.2, 0) is 0 Å². The zero-order chi connectivity index (χ0) is 14.2. The molecule has 1 aliphatic carbocycles. The van der Waals surface area contributed by atoms with Crippen molar-refractivity contribution in [2.75, 3.05) is 0 Å². The second-order valence-corrected chi connectivity index (χ2v) is 5.63. The van der Waals surface area contributed by atoms with E-state index >= 15 is 0 Å². The molecule has 3 rings (SSSR count). The number of para-hydroxylation sites is 1. The Hall–Kier alpha value is -1.61. The zero-order valence-corrected chi connectivity index (χ0v) is 12.0. The van der Waals surface area contributed by atoms with E-state index in [9.17, 15) is 5.11 Å². The highest BCUT2D eigenvalue weighted by Gasteiger charge is 2.53. The number of pyridine rings is 1. The van der Waals surface area contributed by atoms with E-state index in [4.69, 9.17) is 4.74 Å². The lowest BCUT2D eigenvalue weighted by molar-refractivity contribution is -0.159. The average Bonchev–Trinajstić information content (AvgIpc) is 2.48. The van der Waals surface area contributed by atoms with E-state index in [2.05, 4.69) is 18.8 Å². The number of fused-ring (bicyclic) bond motifs is 1. The van der Waals surface area contributed by atoms with Crippen LogP contribution in [0, 0.1) is 5.41 Å². The molecule has 2 aromatic rings. The van der Waals surface area contributed by atoms with Crippen molar-refractivity contribution in [3.63, 3.8) is 0 Å². The molecule has 2 atom stereocenters. The third-order valence-corrected chi connectivity index (χ3v) is 4.92. The van der Waals surface area contributed by atoms with Crippen molar-refractivity contribution in [2.24, 2.45) is 5.41 Å². The molecule has 3 nitrogen and oxygen atoms in total. The Morgan fingerprint density at radius 2 is 2.00 bits per heavy atom. The Labute approximate surface area is 119 Å². The summed E-state index contributed by atoms with van der Waals surface area (Å²) >= 11 is 0. The molecule has 0 radical (unpaired) electrons. The fourth-order valence-corrected chi connectivity index (χ4v) is 3.39. The van der Waals surface area contributed by atoms with Gasteiger partial charge in [0.1, 0.15) is 17.4 Å². The second-order valence-electron chi connectivity index (χ2n) is 5.63. The summed E-state index contributed by atoms with van der Waals surface area (Å²) in [6.45, 7) is 4.26. The van der Waals surface area contributed by atoms with Crippen LogP contribution >= 0.6 is 0 Å². The van der Waals surface area contributed by atoms with Gasteiger partial charge in [0.2, 0.25) is 0 Å². The summed E-state index contributed by atoms with van der Waals surface area (Å²) in [5.41, 5.74) is 0.800. The van der Waals surface area contributed by atoms with Crippen LogP contribution < -0.4 is 4.74 Å². The maximum Gasteiger partial charge on any atom is 0.145 e. The molecule has 1 aliphatic rings. The fraction of sp³-hybridized carbons (Fsp3) is 0.471. The van der Waals surface area contributed by atoms with Crippen molar-refractivity contribution < 1.29 is 9.84 Å². The van der Waals surface area contributed by atoms with E-state index in [1.54, 1.807) is 6.20 Å². The summed E-state index contributed by atoms with van der Waals surface area (Å²) in [5, 5.41) is 11.2. The topological polar surface area (TPSA) is 42.4 Å².